The number of carbonyl (C=O) groups excluding carboxylic acids is 3. The van der Waals surface area contributed by atoms with E-state index in [4.69, 9.17) is 5.73 Å². The van der Waals surface area contributed by atoms with Crippen molar-refractivity contribution in [1.82, 2.24) is 20.4 Å². The van der Waals surface area contributed by atoms with E-state index >= 15 is 0 Å². The molecule has 0 saturated carbocycles. The van der Waals surface area contributed by atoms with E-state index in [1.807, 2.05) is 98.0 Å². The zero-order chi connectivity index (χ0) is 31.9. The Morgan fingerprint density at radius 3 is 2.05 bits per heavy atom. The molecule has 44 heavy (non-hydrogen) atoms. The molecule has 8 heteroatoms. The summed E-state index contributed by atoms with van der Waals surface area (Å²) in [5.74, 6) is -0.982. The summed E-state index contributed by atoms with van der Waals surface area (Å²) in [5.41, 5.74) is 8.43. The standard InChI is InChI=1S/C36H43N5O3/c1-36(2,37)39-33(42)31(22-25-12-7-6-8-13-25)40(4)35(44)32(23-26-18-19-28-15-9-10-16-29(28)20-26)41(5)34(43)30-17-11-14-27(21-30)24-38-3/h6-21,31-32,38H,22-24,37H2,1-5H3,(H,39,42)/t31-,32-/m1/s1. The Labute approximate surface area is 260 Å². The molecule has 0 spiro atoms. The summed E-state index contributed by atoms with van der Waals surface area (Å²) in [5, 5.41) is 8.08. The fraction of sp³-hybridized carbons (Fsp3) is 0.306. The second kappa shape index (κ2) is 14.3. The highest BCUT2D eigenvalue weighted by molar-refractivity contribution is 5.98. The molecular weight excluding hydrogens is 550 g/mol. The van der Waals surface area contributed by atoms with Crippen LogP contribution in [0.1, 0.15) is 40.9 Å². The highest BCUT2D eigenvalue weighted by Crippen LogP contribution is 2.21. The predicted molar refractivity (Wildman–Crippen MR) is 176 cm³/mol. The van der Waals surface area contributed by atoms with Crippen LogP contribution < -0.4 is 16.4 Å². The lowest BCUT2D eigenvalue weighted by molar-refractivity contribution is -0.142. The SMILES string of the molecule is CNCc1cccc(C(=O)N(C)[C@H](Cc2ccc3ccccc3c2)C(=O)N(C)[C@H](Cc2ccccc2)C(=O)NC(C)(C)N)c1. The Morgan fingerprint density at radius 1 is 0.727 bits per heavy atom. The van der Waals surface area contributed by atoms with Gasteiger partial charge in [0.15, 0.2) is 0 Å². The number of amides is 3. The molecule has 8 nitrogen and oxygen atoms in total. The fourth-order valence-electron chi connectivity index (χ4n) is 5.37. The van der Waals surface area contributed by atoms with E-state index in [9.17, 15) is 14.4 Å². The van der Waals surface area contributed by atoms with Crippen molar-refractivity contribution in [2.45, 2.75) is 51.0 Å². The van der Waals surface area contributed by atoms with E-state index in [0.29, 0.717) is 12.1 Å². The minimum atomic E-state index is -0.981. The summed E-state index contributed by atoms with van der Waals surface area (Å²) in [6.07, 6.45) is 0.561. The van der Waals surface area contributed by atoms with Crippen molar-refractivity contribution in [3.8, 4) is 0 Å². The molecule has 0 unspecified atom stereocenters. The molecule has 0 radical (unpaired) electrons. The minimum absolute atomic E-state index is 0.272. The molecule has 0 aromatic heterocycles. The molecule has 4 rings (SSSR count). The number of nitrogens with two attached hydrogens (primary N) is 1. The van der Waals surface area contributed by atoms with Crippen LogP contribution in [0.25, 0.3) is 10.8 Å². The topological polar surface area (TPSA) is 108 Å². The molecule has 230 valence electrons. The molecule has 4 aromatic rings. The highest BCUT2D eigenvalue weighted by Gasteiger charge is 2.36. The molecule has 0 fully saturated rings. The van der Waals surface area contributed by atoms with Crippen LogP contribution in [0.15, 0.2) is 97.1 Å². The Hall–Kier alpha value is -4.53. The average molecular weight is 594 g/mol. The molecule has 0 saturated heterocycles. The van der Waals surface area contributed by atoms with Gasteiger partial charge in [0, 0.05) is 39.0 Å². The smallest absolute Gasteiger partial charge is 0.254 e. The van der Waals surface area contributed by atoms with Gasteiger partial charge in [-0.15, -0.1) is 0 Å². The normalized spacial score (nSPS) is 12.8. The first-order chi connectivity index (χ1) is 21.0. The van der Waals surface area contributed by atoms with Crippen molar-refractivity contribution >= 4 is 28.5 Å². The van der Waals surface area contributed by atoms with Gasteiger partial charge >= 0.3 is 0 Å². The zero-order valence-electron chi connectivity index (χ0n) is 26.2. The summed E-state index contributed by atoms with van der Waals surface area (Å²) < 4.78 is 0. The monoisotopic (exact) mass is 593 g/mol. The predicted octanol–water partition coefficient (Wildman–Crippen LogP) is 4.12. The molecule has 4 aromatic carbocycles. The quantitative estimate of drug-likeness (QED) is 0.214. The Balaban J connectivity index is 1.71. The molecule has 0 aliphatic heterocycles. The summed E-state index contributed by atoms with van der Waals surface area (Å²) in [6, 6.07) is 29.3. The molecule has 2 atom stereocenters. The molecule has 0 heterocycles. The molecule has 3 amide bonds. The molecular formula is C36H43N5O3. The van der Waals surface area contributed by atoms with Crippen LogP contribution in [-0.4, -0.2) is 66.4 Å². The van der Waals surface area contributed by atoms with Crippen LogP contribution in [0.5, 0.6) is 0 Å². The summed E-state index contributed by atoms with van der Waals surface area (Å²) in [7, 11) is 5.13. The van der Waals surface area contributed by atoms with E-state index in [1.165, 1.54) is 9.80 Å². The van der Waals surface area contributed by atoms with Gasteiger partial charge in [-0.3, -0.25) is 14.4 Å². The Morgan fingerprint density at radius 2 is 1.36 bits per heavy atom. The number of fused-ring (bicyclic) bond motifs is 1. The van der Waals surface area contributed by atoms with Crippen LogP contribution >= 0.6 is 0 Å². The Bertz CT molecular complexity index is 1600. The summed E-state index contributed by atoms with van der Waals surface area (Å²) >= 11 is 0. The number of nitrogens with one attached hydrogen (secondary N) is 2. The van der Waals surface area contributed by atoms with Crippen molar-refractivity contribution in [3.63, 3.8) is 0 Å². The van der Waals surface area contributed by atoms with Gasteiger partial charge in [-0.1, -0.05) is 84.9 Å². The van der Waals surface area contributed by atoms with Crippen LogP contribution in [0.4, 0.5) is 0 Å². The highest BCUT2D eigenvalue weighted by atomic mass is 16.2. The van der Waals surface area contributed by atoms with E-state index in [-0.39, 0.29) is 30.6 Å². The number of carbonyl (C=O) groups is 3. The first-order valence-corrected chi connectivity index (χ1v) is 14.9. The van der Waals surface area contributed by atoms with Gasteiger partial charge < -0.3 is 26.2 Å². The third-order valence-electron chi connectivity index (χ3n) is 7.71. The van der Waals surface area contributed by atoms with Crippen LogP contribution in [0.3, 0.4) is 0 Å². The lowest BCUT2D eigenvalue weighted by Gasteiger charge is -2.36. The molecule has 0 aliphatic carbocycles. The number of benzene rings is 4. The van der Waals surface area contributed by atoms with Crippen molar-refractivity contribution < 1.29 is 14.4 Å². The van der Waals surface area contributed by atoms with E-state index in [1.54, 1.807) is 34.0 Å². The lowest BCUT2D eigenvalue weighted by Crippen LogP contribution is -2.60. The Kier molecular flexibility index (Phi) is 10.5. The van der Waals surface area contributed by atoms with E-state index < -0.39 is 17.7 Å². The van der Waals surface area contributed by atoms with Crippen LogP contribution in [0.2, 0.25) is 0 Å². The number of likely N-dealkylation sites (N-methyl/N-ethyl adjacent to an activating group) is 2. The number of hydrogen-bond acceptors (Lipinski definition) is 5. The van der Waals surface area contributed by atoms with Crippen molar-refractivity contribution in [1.29, 1.82) is 0 Å². The summed E-state index contributed by atoms with van der Waals surface area (Å²) in [6.45, 7) is 4.01. The zero-order valence-corrected chi connectivity index (χ0v) is 26.2. The van der Waals surface area contributed by atoms with Crippen molar-refractivity contribution in [2.24, 2.45) is 5.73 Å². The average Bonchev–Trinajstić information content (AvgIpc) is 3.01. The number of nitrogens with zero attached hydrogens (tertiary/aromatic N) is 2. The van der Waals surface area contributed by atoms with Gasteiger partial charge in [0.25, 0.3) is 5.91 Å². The number of rotatable bonds is 12. The van der Waals surface area contributed by atoms with E-state index in [2.05, 4.69) is 10.6 Å². The van der Waals surface area contributed by atoms with Crippen molar-refractivity contribution in [2.75, 3.05) is 21.1 Å². The van der Waals surface area contributed by atoms with Gasteiger partial charge in [0.1, 0.15) is 12.1 Å². The van der Waals surface area contributed by atoms with Crippen molar-refractivity contribution in [3.05, 3.63) is 119 Å². The second-order valence-corrected chi connectivity index (χ2v) is 11.9. The maximum Gasteiger partial charge on any atom is 0.254 e. The minimum Gasteiger partial charge on any atom is -0.337 e. The largest absolute Gasteiger partial charge is 0.337 e. The lowest BCUT2D eigenvalue weighted by atomic mass is 9.97. The van der Waals surface area contributed by atoms with Gasteiger partial charge in [-0.2, -0.15) is 0 Å². The second-order valence-electron chi connectivity index (χ2n) is 11.9. The maximum atomic E-state index is 14.5. The molecule has 0 bridgehead atoms. The summed E-state index contributed by atoms with van der Waals surface area (Å²) in [4.78, 5) is 44.9. The molecule has 0 aliphatic rings. The third-order valence-corrected chi connectivity index (χ3v) is 7.71. The van der Waals surface area contributed by atoms with Gasteiger partial charge in [0.05, 0.1) is 5.66 Å². The third kappa shape index (κ3) is 8.30. The van der Waals surface area contributed by atoms with Gasteiger partial charge in [-0.05, 0) is 60.5 Å². The van der Waals surface area contributed by atoms with Gasteiger partial charge in [0.2, 0.25) is 11.8 Å². The number of hydrogen-bond donors (Lipinski definition) is 3. The van der Waals surface area contributed by atoms with E-state index in [0.717, 1.165) is 27.5 Å². The fourth-order valence-corrected chi connectivity index (χ4v) is 5.37. The van der Waals surface area contributed by atoms with Crippen LogP contribution in [-0.2, 0) is 29.0 Å². The first-order valence-electron chi connectivity index (χ1n) is 14.9. The van der Waals surface area contributed by atoms with Crippen LogP contribution in [0, 0.1) is 0 Å². The molecule has 4 N–H and O–H groups in total. The first kappa shape index (κ1) is 32.4. The maximum absolute atomic E-state index is 14.5. The van der Waals surface area contributed by atoms with Gasteiger partial charge in [-0.25, -0.2) is 0 Å².